The van der Waals surface area contributed by atoms with E-state index in [4.69, 9.17) is 9.47 Å². The second-order valence-corrected chi connectivity index (χ2v) is 3.07. The summed E-state index contributed by atoms with van der Waals surface area (Å²) in [5, 5.41) is 10.3. The van der Waals surface area contributed by atoms with Gasteiger partial charge < -0.3 is 19.4 Å². The molecule has 1 aliphatic heterocycles. The zero-order chi connectivity index (χ0) is 9.97. The largest absolute Gasteiger partial charge is 0.550 e. The molecule has 2 rings (SSSR count). The molecule has 1 aromatic carbocycles. The number of rotatable bonds is 2. The summed E-state index contributed by atoms with van der Waals surface area (Å²) in [6, 6.07) is 7.17. The van der Waals surface area contributed by atoms with Gasteiger partial charge in [-0.1, -0.05) is 12.1 Å². The van der Waals surface area contributed by atoms with Crippen LogP contribution in [0.1, 0.15) is 6.42 Å². The van der Waals surface area contributed by atoms with E-state index in [0.29, 0.717) is 11.5 Å². The van der Waals surface area contributed by atoms with Crippen molar-refractivity contribution in [3.63, 3.8) is 0 Å². The molecule has 0 unspecified atom stereocenters. The maximum Gasteiger partial charge on any atom is 0.161 e. The molecule has 0 bridgehead atoms. The Morgan fingerprint density at radius 2 is 2.14 bits per heavy atom. The van der Waals surface area contributed by atoms with Gasteiger partial charge in [0.25, 0.3) is 0 Å². The minimum absolute atomic E-state index is 0.145. The van der Waals surface area contributed by atoms with Gasteiger partial charge in [-0.2, -0.15) is 0 Å². The average Bonchev–Trinajstić information content (AvgIpc) is 2.17. The molecule has 0 radical (unpaired) electrons. The van der Waals surface area contributed by atoms with Crippen LogP contribution in [-0.2, 0) is 4.79 Å². The van der Waals surface area contributed by atoms with Crippen molar-refractivity contribution in [3.8, 4) is 11.5 Å². The first-order valence-electron chi connectivity index (χ1n) is 4.34. The maximum atomic E-state index is 10.3. The Morgan fingerprint density at radius 1 is 1.43 bits per heavy atom. The van der Waals surface area contributed by atoms with Crippen molar-refractivity contribution in [2.75, 3.05) is 6.61 Å². The second kappa shape index (κ2) is 3.57. The molecule has 0 fully saturated rings. The Hall–Kier alpha value is -1.71. The minimum Gasteiger partial charge on any atom is -0.550 e. The number of hydrogen-bond donors (Lipinski definition) is 0. The van der Waals surface area contributed by atoms with Crippen LogP contribution in [0.3, 0.4) is 0 Å². The highest BCUT2D eigenvalue weighted by atomic mass is 16.6. The third-order valence-electron chi connectivity index (χ3n) is 1.96. The molecule has 1 aliphatic rings. The average molecular weight is 193 g/mol. The third kappa shape index (κ3) is 1.79. The molecule has 74 valence electrons. The second-order valence-electron chi connectivity index (χ2n) is 3.07. The zero-order valence-corrected chi connectivity index (χ0v) is 7.43. The van der Waals surface area contributed by atoms with Crippen LogP contribution in [-0.4, -0.2) is 18.7 Å². The molecule has 0 saturated carbocycles. The molecule has 1 aromatic rings. The molecule has 4 heteroatoms. The first-order chi connectivity index (χ1) is 6.75. The number of carbonyl (C=O) groups is 1. The molecule has 0 amide bonds. The summed E-state index contributed by atoms with van der Waals surface area (Å²) < 4.78 is 10.7. The van der Waals surface area contributed by atoms with Gasteiger partial charge in [-0.3, -0.25) is 0 Å². The normalized spacial score (nSPS) is 19.0. The van der Waals surface area contributed by atoms with E-state index in [1.807, 2.05) is 12.1 Å². The van der Waals surface area contributed by atoms with E-state index in [0.717, 1.165) is 0 Å². The van der Waals surface area contributed by atoms with Crippen LogP contribution in [0.4, 0.5) is 0 Å². The molecule has 0 aromatic heterocycles. The van der Waals surface area contributed by atoms with Gasteiger partial charge in [0.15, 0.2) is 11.5 Å². The molecular weight excluding hydrogens is 184 g/mol. The fraction of sp³-hybridized carbons (Fsp3) is 0.300. The van der Waals surface area contributed by atoms with E-state index in [-0.39, 0.29) is 13.0 Å². The van der Waals surface area contributed by atoms with E-state index < -0.39 is 12.1 Å². The van der Waals surface area contributed by atoms with Crippen LogP contribution >= 0.6 is 0 Å². The SMILES string of the molecule is O=C([O-])C[C@H]1COc2ccccc2O1. The van der Waals surface area contributed by atoms with E-state index in [1.165, 1.54) is 0 Å². The first-order valence-corrected chi connectivity index (χ1v) is 4.34. The quantitative estimate of drug-likeness (QED) is 0.661. The lowest BCUT2D eigenvalue weighted by Crippen LogP contribution is -2.36. The van der Waals surface area contributed by atoms with Crippen molar-refractivity contribution >= 4 is 5.97 Å². The van der Waals surface area contributed by atoms with Gasteiger partial charge >= 0.3 is 0 Å². The Bertz CT molecular complexity index is 348. The molecule has 0 N–H and O–H groups in total. The third-order valence-corrected chi connectivity index (χ3v) is 1.96. The van der Waals surface area contributed by atoms with Gasteiger partial charge in [0, 0.05) is 12.4 Å². The van der Waals surface area contributed by atoms with Crippen molar-refractivity contribution in [3.05, 3.63) is 24.3 Å². The molecular formula is C10H9O4-. The van der Waals surface area contributed by atoms with E-state index in [2.05, 4.69) is 0 Å². The summed E-state index contributed by atoms with van der Waals surface area (Å²) in [5.74, 6) is 0.116. The Labute approximate surface area is 81.1 Å². The predicted molar refractivity (Wildman–Crippen MR) is 46.0 cm³/mol. The summed E-state index contributed by atoms with van der Waals surface area (Å²) in [4.78, 5) is 10.3. The van der Waals surface area contributed by atoms with Gasteiger partial charge in [0.05, 0.1) is 0 Å². The topological polar surface area (TPSA) is 58.6 Å². The van der Waals surface area contributed by atoms with Crippen molar-refractivity contribution in [2.24, 2.45) is 0 Å². The van der Waals surface area contributed by atoms with Crippen LogP contribution in [0.2, 0.25) is 0 Å². The summed E-state index contributed by atoms with van der Waals surface area (Å²) in [5.41, 5.74) is 0. The molecule has 0 aliphatic carbocycles. The summed E-state index contributed by atoms with van der Waals surface area (Å²) in [6.07, 6.45) is -0.594. The number of carbonyl (C=O) groups excluding carboxylic acids is 1. The van der Waals surface area contributed by atoms with Crippen LogP contribution in [0.5, 0.6) is 11.5 Å². The summed E-state index contributed by atoms with van der Waals surface area (Å²) >= 11 is 0. The van der Waals surface area contributed by atoms with Crippen molar-refractivity contribution in [1.29, 1.82) is 0 Å². The van der Waals surface area contributed by atoms with E-state index in [9.17, 15) is 9.90 Å². The van der Waals surface area contributed by atoms with Crippen molar-refractivity contribution < 1.29 is 19.4 Å². The van der Waals surface area contributed by atoms with Crippen molar-refractivity contribution in [2.45, 2.75) is 12.5 Å². The number of fused-ring (bicyclic) bond motifs is 1. The van der Waals surface area contributed by atoms with Gasteiger partial charge in [0.1, 0.15) is 12.7 Å². The minimum atomic E-state index is -1.13. The fourth-order valence-electron chi connectivity index (χ4n) is 1.35. The highest BCUT2D eigenvalue weighted by Crippen LogP contribution is 2.31. The zero-order valence-electron chi connectivity index (χ0n) is 7.43. The van der Waals surface area contributed by atoms with Crippen molar-refractivity contribution in [1.82, 2.24) is 0 Å². The molecule has 0 spiro atoms. The van der Waals surface area contributed by atoms with Crippen LogP contribution in [0.15, 0.2) is 24.3 Å². The van der Waals surface area contributed by atoms with Gasteiger partial charge in [-0.25, -0.2) is 0 Å². The van der Waals surface area contributed by atoms with E-state index in [1.54, 1.807) is 12.1 Å². The van der Waals surface area contributed by atoms with Gasteiger partial charge in [0.2, 0.25) is 0 Å². The number of benzene rings is 1. The number of carboxylic acids is 1. The lowest BCUT2D eigenvalue weighted by atomic mass is 10.2. The Kier molecular flexibility index (Phi) is 2.26. The molecule has 4 nitrogen and oxygen atoms in total. The molecule has 1 heterocycles. The number of carboxylic acid groups (broad SMARTS) is 1. The maximum absolute atomic E-state index is 10.3. The van der Waals surface area contributed by atoms with E-state index >= 15 is 0 Å². The number of ether oxygens (including phenoxy) is 2. The lowest BCUT2D eigenvalue weighted by molar-refractivity contribution is -0.307. The Balaban J connectivity index is 2.09. The highest BCUT2D eigenvalue weighted by Gasteiger charge is 2.20. The smallest absolute Gasteiger partial charge is 0.161 e. The summed E-state index contributed by atoms with van der Waals surface area (Å²) in [6.45, 7) is 0.255. The number of para-hydroxylation sites is 2. The summed E-state index contributed by atoms with van der Waals surface area (Å²) in [7, 11) is 0. The lowest BCUT2D eigenvalue weighted by Gasteiger charge is -2.26. The Morgan fingerprint density at radius 3 is 2.86 bits per heavy atom. The monoisotopic (exact) mass is 193 g/mol. The number of hydrogen-bond acceptors (Lipinski definition) is 4. The van der Waals surface area contributed by atoms with Crippen LogP contribution < -0.4 is 14.6 Å². The van der Waals surface area contributed by atoms with Crippen LogP contribution in [0.25, 0.3) is 0 Å². The predicted octanol–water partition coefficient (Wildman–Crippen LogP) is -0.0336. The van der Waals surface area contributed by atoms with Gasteiger partial charge in [-0.15, -0.1) is 0 Å². The standard InChI is InChI=1S/C10H10O4/c11-10(12)5-7-6-13-8-3-1-2-4-9(8)14-7/h1-4,7H,5-6H2,(H,11,12)/p-1/t7-/m0/s1. The number of aliphatic carboxylic acids is 1. The highest BCUT2D eigenvalue weighted by molar-refractivity contribution is 5.65. The molecule has 0 saturated heterocycles. The van der Waals surface area contributed by atoms with Crippen LogP contribution in [0, 0.1) is 0 Å². The fourth-order valence-corrected chi connectivity index (χ4v) is 1.35. The van der Waals surface area contributed by atoms with Gasteiger partial charge in [-0.05, 0) is 12.1 Å². The first kappa shape index (κ1) is 8.87. The molecule has 14 heavy (non-hydrogen) atoms. The molecule has 1 atom stereocenters.